The van der Waals surface area contributed by atoms with Crippen molar-refractivity contribution in [3.8, 4) is 22.9 Å². The normalized spacial score (nSPS) is 17.5. The van der Waals surface area contributed by atoms with Crippen LogP contribution in [0, 0.1) is 0 Å². The predicted octanol–water partition coefficient (Wildman–Crippen LogP) is 5.46. The molecule has 1 aromatic heterocycles. The fraction of sp³-hybridized carbons (Fsp3) is 0.600. The van der Waals surface area contributed by atoms with Crippen LogP contribution in [0.3, 0.4) is 0 Å². The summed E-state index contributed by atoms with van der Waals surface area (Å²) in [5, 5.41) is 0. The Labute approximate surface area is 186 Å². The van der Waals surface area contributed by atoms with E-state index < -0.39 is 0 Å². The van der Waals surface area contributed by atoms with Gasteiger partial charge in [0.25, 0.3) is 0 Å². The molecular formula is C25H36N2O4. The van der Waals surface area contributed by atoms with Gasteiger partial charge in [0.05, 0.1) is 25.1 Å². The van der Waals surface area contributed by atoms with E-state index in [1.165, 1.54) is 19.3 Å². The Morgan fingerprint density at radius 3 is 2.23 bits per heavy atom. The summed E-state index contributed by atoms with van der Waals surface area (Å²) in [6, 6.07) is 7.88. The Morgan fingerprint density at radius 1 is 0.774 bits per heavy atom. The molecule has 1 fully saturated rings. The molecule has 6 heteroatoms. The van der Waals surface area contributed by atoms with Gasteiger partial charge in [-0.3, -0.25) is 0 Å². The van der Waals surface area contributed by atoms with E-state index >= 15 is 0 Å². The van der Waals surface area contributed by atoms with Gasteiger partial charge in [-0.2, -0.15) is 0 Å². The highest BCUT2D eigenvalue weighted by atomic mass is 16.6. The number of epoxide rings is 1. The van der Waals surface area contributed by atoms with Crippen LogP contribution in [0.25, 0.3) is 11.4 Å². The molecule has 0 N–H and O–H groups in total. The third-order valence-corrected chi connectivity index (χ3v) is 5.28. The van der Waals surface area contributed by atoms with E-state index in [2.05, 4.69) is 23.8 Å². The van der Waals surface area contributed by atoms with Crippen LogP contribution in [-0.2, 0) is 9.47 Å². The largest absolute Gasteiger partial charge is 0.494 e. The van der Waals surface area contributed by atoms with Gasteiger partial charge in [0.2, 0.25) is 0 Å². The lowest BCUT2D eigenvalue weighted by molar-refractivity contribution is 0.123. The lowest BCUT2D eigenvalue weighted by Crippen LogP contribution is -2.08. The Morgan fingerprint density at radius 2 is 1.48 bits per heavy atom. The molecule has 1 aromatic carbocycles. The predicted molar refractivity (Wildman–Crippen MR) is 122 cm³/mol. The molecule has 0 amide bonds. The molecular weight excluding hydrogens is 392 g/mol. The molecule has 1 aliphatic heterocycles. The first kappa shape index (κ1) is 23.5. The van der Waals surface area contributed by atoms with E-state index in [1.54, 1.807) is 12.4 Å². The number of nitrogens with zero attached hydrogens (tertiary/aromatic N) is 2. The first-order valence-electron chi connectivity index (χ1n) is 11.7. The molecule has 3 rings (SSSR count). The highest BCUT2D eigenvalue weighted by Gasteiger charge is 2.38. The average Bonchev–Trinajstić information content (AvgIpc) is 3.57. The van der Waals surface area contributed by atoms with Crippen LogP contribution in [0.4, 0.5) is 0 Å². The van der Waals surface area contributed by atoms with E-state index in [-0.39, 0.29) is 6.10 Å². The van der Waals surface area contributed by atoms with E-state index in [4.69, 9.17) is 18.9 Å². The van der Waals surface area contributed by atoms with E-state index in [0.29, 0.717) is 30.9 Å². The molecule has 2 atom stereocenters. The minimum absolute atomic E-state index is 0.215. The zero-order valence-electron chi connectivity index (χ0n) is 18.9. The minimum Gasteiger partial charge on any atom is -0.494 e. The Balaban J connectivity index is 1.34. The monoisotopic (exact) mass is 428 g/mol. The SMILES string of the molecule is CCCCOCCCCOc1ccc(-c2ncc(OCC3OC3CCCC)cn2)cc1. The highest BCUT2D eigenvalue weighted by Crippen LogP contribution is 2.28. The Bertz CT molecular complexity index is 736. The maximum Gasteiger partial charge on any atom is 0.159 e. The number of hydrogen-bond acceptors (Lipinski definition) is 6. The summed E-state index contributed by atoms with van der Waals surface area (Å²) in [7, 11) is 0. The molecule has 1 saturated heterocycles. The molecule has 0 bridgehead atoms. The van der Waals surface area contributed by atoms with Crippen molar-refractivity contribution in [2.75, 3.05) is 26.4 Å². The van der Waals surface area contributed by atoms with Crippen molar-refractivity contribution >= 4 is 0 Å². The molecule has 31 heavy (non-hydrogen) atoms. The Kier molecular flexibility index (Phi) is 10.1. The molecule has 2 aromatic rings. The number of ether oxygens (including phenoxy) is 4. The van der Waals surface area contributed by atoms with Gasteiger partial charge in [-0.15, -0.1) is 0 Å². The van der Waals surface area contributed by atoms with Crippen molar-refractivity contribution in [3.05, 3.63) is 36.7 Å². The maximum atomic E-state index is 5.81. The van der Waals surface area contributed by atoms with Crippen LogP contribution in [0.5, 0.6) is 11.5 Å². The van der Waals surface area contributed by atoms with E-state index in [0.717, 1.165) is 50.2 Å². The molecule has 0 spiro atoms. The third-order valence-electron chi connectivity index (χ3n) is 5.28. The number of benzene rings is 1. The van der Waals surface area contributed by atoms with Crippen LogP contribution in [0.1, 0.15) is 58.8 Å². The summed E-state index contributed by atoms with van der Waals surface area (Å²) in [5.41, 5.74) is 0.952. The summed E-state index contributed by atoms with van der Waals surface area (Å²) in [5.74, 6) is 2.21. The zero-order valence-corrected chi connectivity index (χ0v) is 18.9. The second kappa shape index (κ2) is 13.3. The molecule has 6 nitrogen and oxygen atoms in total. The van der Waals surface area contributed by atoms with Gasteiger partial charge in [0, 0.05) is 18.8 Å². The van der Waals surface area contributed by atoms with Gasteiger partial charge < -0.3 is 18.9 Å². The topological polar surface area (TPSA) is 66.0 Å². The molecule has 1 aliphatic rings. The average molecular weight is 429 g/mol. The standard InChI is InChI=1S/C25H36N2O4/c1-3-5-9-23-24(31-23)19-30-22-17-26-25(27-18-22)20-10-12-21(13-11-20)29-16-8-7-15-28-14-6-4-2/h10-13,17-18,23-24H,3-9,14-16,19H2,1-2H3. The Hall–Kier alpha value is -2.18. The minimum atomic E-state index is 0.215. The third kappa shape index (κ3) is 8.46. The number of rotatable bonds is 16. The lowest BCUT2D eigenvalue weighted by Gasteiger charge is -2.08. The zero-order chi connectivity index (χ0) is 21.7. The smallest absolute Gasteiger partial charge is 0.159 e. The summed E-state index contributed by atoms with van der Waals surface area (Å²) in [6.45, 7) is 7.30. The molecule has 0 radical (unpaired) electrons. The summed E-state index contributed by atoms with van der Waals surface area (Å²) in [4.78, 5) is 8.86. The van der Waals surface area contributed by atoms with Crippen molar-refractivity contribution in [1.29, 1.82) is 0 Å². The van der Waals surface area contributed by atoms with Crippen molar-refractivity contribution in [1.82, 2.24) is 9.97 Å². The van der Waals surface area contributed by atoms with Crippen molar-refractivity contribution < 1.29 is 18.9 Å². The lowest BCUT2D eigenvalue weighted by atomic mass is 10.2. The fourth-order valence-electron chi connectivity index (χ4n) is 3.25. The number of unbranched alkanes of at least 4 members (excludes halogenated alkanes) is 3. The second-order valence-electron chi connectivity index (χ2n) is 7.95. The van der Waals surface area contributed by atoms with E-state index in [9.17, 15) is 0 Å². The molecule has 2 unspecified atom stereocenters. The van der Waals surface area contributed by atoms with Crippen molar-refractivity contribution in [2.24, 2.45) is 0 Å². The van der Waals surface area contributed by atoms with Gasteiger partial charge in [-0.1, -0.05) is 33.1 Å². The maximum absolute atomic E-state index is 5.81. The van der Waals surface area contributed by atoms with Crippen LogP contribution < -0.4 is 9.47 Å². The summed E-state index contributed by atoms with van der Waals surface area (Å²) < 4.78 is 22.8. The van der Waals surface area contributed by atoms with Crippen molar-refractivity contribution in [2.45, 2.75) is 71.0 Å². The molecule has 2 heterocycles. The fourth-order valence-corrected chi connectivity index (χ4v) is 3.25. The van der Waals surface area contributed by atoms with Crippen LogP contribution in [0.15, 0.2) is 36.7 Å². The first-order valence-corrected chi connectivity index (χ1v) is 11.7. The van der Waals surface area contributed by atoms with Crippen molar-refractivity contribution in [3.63, 3.8) is 0 Å². The van der Waals surface area contributed by atoms with E-state index in [1.807, 2.05) is 24.3 Å². The molecule has 0 saturated carbocycles. The van der Waals surface area contributed by atoms with Gasteiger partial charge in [0.15, 0.2) is 11.6 Å². The second-order valence-corrected chi connectivity index (χ2v) is 7.95. The number of aromatic nitrogens is 2. The van der Waals surface area contributed by atoms with Crippen LogP contribution >= 0.6 is 0 Å². The summed E-state index contributed by atoms with van der Waals surface area (Å²) in [6.07, 6.45) is 11.9. The van der Waals surface area contributed by atoms with Gasteiger partial charge >= 0.3 is 0 Å². The van der Waals surface area contributed by atoms with Crippen LogP contribution in [-0.4, -0.2) is 48.6 Å². The quantitative estimate of drug-likeness (QED) is 0.261. The summed E-state index contributed by atoms with van der Waals surface area (Å²) >= 11 is 0. The van der Waals surface area contributed by atoms with Crippen LogP contribution in [0.2, 0.25) is 0 Å². The first-order chi connectivity index (χ1) is 15.3. The van der Waals surface area contributed by atoms with Gasteiger partial charge in [-0.25, -0.2) is 9.97 Å². The number of hydrogen-bond donors (Lipinski definition) is 0. The van der Waals surface area contributed by atoms with Gasteiger partial charge in [-0.05, 0) is 49.9 Å². The molecule has 170 valence electrons. The van der Waals surface area contributed by atoms with Gasteiger partial charge in [0.1, 0.15) is 18.5 Å². The molecule has 0 aliphatic carbocycles. The highest BCUT2D eigenvalue weighted by molar-refractivity contribution is 5.56.